The lowest BCUT2D eigenvalue weighted by Crippen LogP contribution is -2.33. The maximum Gasteiger partial charge on any atom is 0.299 e. The van der Waals surface area contributed by atoms with E-state index in [1.54, 1.807) is 6.07 Å². The molecule has 1 amide bonds. The third kappa shape index (κ3) is 3.05. The number of benzene rings is 2. The maximum atomic E-state index is 12.2. The molecule has 0 aliphatic carbocycles. The average molecular weight is 439 g/mol. The molecule has 2 aromatic rings. The molecular weight excluding hydrogens is 426 g/mol. The number of carbonyl (C=O) groups is 2. The van der Waals surface area contributed by atoms with E-state index >= 15 is 0 Å². The highest BCUT2D eigenvalue weighted by atomic mass is 79.9. The van der Waals surface area contributed by atoms with Crippen molar-refractivity contribution in [2.45, 2.75) is 6.92 Å². The number of hydrogen-bond donors (Lipinski definition) is 0. The average Bonchev–Trinajstić information content (AvgIpc) is 2.74. The van der Waals surface area contributed by atoms with E-state index in [4.69, 9.17) is 4.74 Å². The molecular formula is C17H13Br2NO3. The van der Waals surface area contributed by atoms with E-state index < -0.39 is 11.7 Å². The second-order valence-electron chi connectivity index (χ2n) is 5.18. The summed E-state index contributed by atoms with van der Waals surface area (Å²) in [6.45, 7) is 2.58. The van der Waals surface area contributed by atoms with Crippen molar-refractivity contribution in [3.63, 3.8) is 0 Å². The number of amides is 1. The minimum atomic E-state index is -0.521. The van der Waals surface area contributed by atoms with Gasteiger partial charge in [0.05, 0.1) is 17.8 Å². The predicted octanol–water partition coefficient (Wildman–Crippen LogP) is 4.13. The molecule has 0 spiro atoms. The fourth-order valence-electron chi connectivity index (χ4n) is 2.53. The van der Waals surface area contributed by atoms with Crippen molar-refractivity contribution in [2.24, 2.45) is 0 Å². The highest BCUT2D eigenvalue weighted by Gasteiger charge is 2.37. The number of ketones is 1. The van der Waals surface area contributed by atoms with Crippen LogP contribution >= 0.6 is 31.9 Å². The van der Waals surface area contributed by atoms with Crippen LogP contribution in [0.15, 0.2) is 45.3 Å². The molecule has 118 valence electrons. The van der Waals surface area contributed by atoms with Gasteiger partial charge < -0.3 is 9.64 Å². The highest BCUT2D eigenvalue weighted by Crippen LogP contribution is 2.38. The summed E-state index contributed by atoms with van der Waals surface area (Å²) in [5.41, 5.74) is 2.05. The highest BCUT2D eigenvalue weighted by molar-refractivity contribution is 9.11. The van der Waals surface area contributed by atoms with Gasteiger partial charge in [0.2, 0.25) is 0 Å². The summed E-state index contributed by atoms with van der Waals surface area (Å²) in [6.07, 6.45) is 0. The molecule has 0 unspecified atom stereocenters. The summed E-state index contributed by atoms with van der Waals surface area (Å²) in [5.74, 6) is -0.231. The lowest BCUT2D eigenvalue weighted by atomic mass is 10.1. The minimum Gasteiger partial charge on any atom is -0.491 e. The molecule has 1 heterocycles. The number of halogens is 2. The molecule has 0 saturated heterocycles. The number of rotatable bonds is 4. The van der Waals surface area contributed by atoms with Gasteiger partial charge >= 0.3 is 0 Å². The van der Waals surface area contributed by atoms with Gasteiger partial charge in [-0.15, -0.1) is 0 Å². The van der Waals surface area contributed by atoms with E-state index in [1.165, 1.54) is 4.90 Å². The van der Waals surface area contributed by atoms with Crippen LogP contribution in [-0.4, -0.2) is 24.8 Å². The summed E-state index contributed by atoms with van der Waals surface area (Å²) in [7, 11) is 0. The number of carbonyl (C=O) groups excluding carboxylic acids is 2. The lowest BCUT2D eigenvalue weighted by molar-refractivity contribution is -0.114. The van der Waals surface area contributed by atoms with Gasteiger partial charge in [-0.05, 0) is 46.6 Å². The molecule has 0 fully saturated rings. The van der Waals surface area contributed by atoms with Crippen molar-refractivity contribution in [2.75, 3.05) is 18.1 Å². The zero-order valence-electron chi connectivity index (χ0n) is 12.3. The first-order chi connectivity index (χ1) is 11.0. The second kappa shape index (κ2) is 6.45. The maximum absolute atomic E-state index is 12.2. The van der Waals surface area contributed by atoms with Gasteiger partial charge in [0.25, 0.3) is 11.7 Å². The van der Waals surface area contributed by atoms with E-state index in [-0.39, 0.29) is 0 Å². The molecule has 0 radical (unpaired) electrons. The molecule has 3 rings (SSSR count). The van der Waals surface area contributed by atoms with Crippen LogP contribution in [0.1, 0.15) is 15.9 Å². The zero-order valence-corrected chi connectivity index (χ0v) is 15.5. The Balaban J connectivity index is 1.78. The topological polar surface area (TPSA) is 46.6 Å². The Morgan fingerprint density at radius 1 is 1.13 bits per heavy atom. The Kier molecular flexibility index (Phi) is 4.55. The van der Waals surface area contributed by atoms with Gasteiger partial charge in [0.15, 0.2) is 0 Å². The molecule has 0 atom stereocenters. The third-order valence-electron chi connectivity index (χ3n) is 3.65. The number of ether oxygens (including phenoxy) is 1. The Hall–Kier alpha value is -1.66. The van der Waals surface area contributed by atoms with E-state index in [0.717, 1.165) is 15.8 Å². The van der Waals surface area contributed by atoms with Gasteiger partial charge in [0, 0.05) is 8.95 Å². The molecule has 0 saturated carbocycles. The zero-order chi connectivity index (χ0) is 16.6. The van der Waals surface area contributed by atoms with Crippen LogP contribution < -0.4 is 9.64 Å². The number of anilines is 1. The molecule has 6 heteroatoms. The van der Waals surface area contributed by atoms with Crippen LogP contribution in [0.25, 0.3) is 0 Å². The normalized spacial score (nSPS) is 13.4. The van der Waals surface area contributed by atoms with Crippen LogP contribution in [0, 0.1) is 6.92 Å². The molecule has 2 aromatic carbocycles. The summed E-state index contributed by atoms with van der Waals surface area (Å²) >= 11 is 6.76. The standard InChI is InChI=1S/C17H13Br2NO3/c1-10-4-2-3-5-14(10)23-7-6-20-15-12(16(21)17(20)22)8-11(18)9-13(15)19/h2-5,8-9H,6-7H2,1H3. The Morgan fingerprint density at radius 3 is 2.61 bits per heavy atom. The van der Waals surface area contributed by atoms with E-state index in [0.29, 0.717) is 28.9 Å². The smallest absolute Gasteiger partial charge is 0.299 e. The number of para-hydroxylation sites is 1. The molecule has 23 heavy (non-hydrogen) atoms. The Bertz CT molecular complexity index is 804. The number of nitrogens with zero attached hydrogens (tertiary/aromatic N) is 1. The van der Waals surface area contributed by atoms with Gasteiger partial charge in [-0.25, -0.2) is 0 Å². The molecule has 0 N–H and O–H groups in total. The van der Waals surface area contributed by atoms with E-state index in [1.807, 2.05) is 37.3 Å². The van der Waals surface area contributed by atoms with Gasteiger partial charge in [0.1, 0.15) is 12.4 Å². The monoisotopic (exact) mass is 437 g/mol. The van der Waals surface area contributed by atoms with Crippen LogP contribution in [0.5, 0.6) is 5.75 Å². The lowest BCUT2D eigenvalue weighted by Gasteiger charge is -2.18. The summed E-state index contributed by atoms with van der Waals surface area (Å²) < 4.78 is 7.19. The van der Waals surface area contributed by atoms with Crippen molar-refractivity contribution >= 4 is 49.2 Å². The number of hydrogen-bond acceptors (Lipinski definition) is 3. The van der Waals surface area contributed by atoms with Crippen LogP contribution in [0.4, 0.5) is 5.69 Å². The first-order valence-electron chi connectivity index (χ1n) is 7.02. The SMILES string of the molecule is Cc1ccccc1OCCN1C(=O)C(=O)c2cc(Br)cc(Br)c21. The molecule has 1 aliphatic heterocycles. The number of fused-ring (bicyclic) bond motifs is 1. The minimum absolute atomic E-state index is 0.311. The Labute approximate surface area is 150 Å². The fraction of sp³-hybridized carbons (Fsp3) is 0.176. The van der Waals surface area contributed by atoms with Crippen molar-refractivity contribution in [3.8, 4) is 5.75 Å². The van der Waals surface area contributed by atoms with Gasteiger partial charge in [-0.3, -0.25) is 9.59 Å². The largest absolute Gasteiger partial charge is 0.491 e. The van der Waals surface area contributed by atoms with Crippen LogP contribution in [-0.2, 0) is 4.79 Å². The summed E-state index contributed by atoms with van der Waals surface area (Å²) in [5, 5.41) is 0. The fourth-order valence-corrected chi connectivity index (χ4v) is 3.97. The molecule has 1 aliphatic rings. The first kappa shape index (κ1) is 16.2. The van der Waals surface area contributed by atoms with Crippen molar-refractivity contribution < 1.29 is 14.3 Å². The number of aryl methyl sites for hydroxylation is 1. The second-order valence-corrected chi connectivity index (χ2v) is 6.95. The quantitative estimate of drug-likeness (QED) is 0.674. The Morgan fingerprint density at radius 2 is 1.87 bits per heavy atom. The van der Waals surface area contributed by atoms with Crippen LogP contribution in [0.3, 0.4) is 0 Å². The van der Waals surface area contributed by atoms with Gasteiger partial charge in [-0.1, -0.05) is 34.1 Å². The van der Waals surface area contributed by atoms with Gasteiger partial charge in [-0.2, -0.15) is 0 Å². The molecule has 0 aromatic heterocycles. The van der Waals surface area contributed by atoms with E-state index in [9.17, 15) is 9.59 Å². The van der Waals surface area contributed by atoms with Crippen molar-refractivity contribution in [3.05, 3.63) is 56.5 Å². The van der Waals surface area contributed by atoms with E-state index in [2.05, 4.69) is 31.9 Å². The predicted molar refractivity (Wildman–Crippen MR) is 95.2 cm³/mol. The van der Waals surface area contributed by atoms with Crippen LogP contribution in [0.2, 0.25) is 0 Å². The number of Topliss-reactive ketones (excluding diaryl/α,β-unsaturated/α-hetero) is 1. The first-order valence-corrected chi connectivity index (χ1v) is 8.61. The molecule has 4 nitrogen and oxygen atoms in total. The van der Waals surface area contributed by atoms with Crippen molar-refractivity contribution in [1.29, 1.82) is 0 Å². The summed E-state index contributed by atoms with van der Waals surface area (Å²) in [4.78, 5) is 25.8. The molecule has 0 bridgehead atoms. The van der Waals surface area contributed by atoms with Crippen molar-refractivity contribution in [1.82, 2.24) is 0 Å². The summed E-state index contributed by atoms with van der Waals surface area (Å²) in [6, 6.07) is 11.2. The third-order valence-corrected chi connectivity index (χ3v) is 4.71.